The van der Waals surface area contributed by atoms with E-state index in [1.165, 1.54) is 0 Å². The van der Waals surface area contributed by atoms with Crippen LogP contribution in [0.5, 0.6) is 0 Å². The summed E-state index contributed by atoms with van der Waals surface area (Å²) in [4.78, 5) is 0. The maximum Gasteiger partial charge on any atom is 0.0900 e. The van der Waals surface area contributed by atoms with Crippen LogP contribution < -0.4 is 5.73 Å². The second-order valence-electron chi connectivity index (χ2n) is 3.03. The highest BCUT2D eigenvalue weighted by molar-refractivity contribution is 6.31. The zero-order valence-corrected chi connectivity index (χ0v) is 9.34. The molecule has 0 fully saturated rings. The van der Waals surface area contributed by atoms with Crippen LogP contribution in [0.1, 0.15) is 18.3 Å². The molecule has 0 bridgehead atoms. The molecule has 0 aliphatic rings. The van der Waals surface area contributed by atoms with Crippen molar-refractivity contribution in [3.8, 4) is 0 Å². The van der Waals surface area contributed by atoms with Gasteiger partial charge in [0.1, 0.15) is 0 Å². The number of rotatable bonds is 5. The zero-order valence-electron chi connectivity index (χ0n) is 8.59. The molecule has 2 N–H and O–H groups in total. The Hall–Kier alpha value is -0.580. The number of aromatic nitrogens is 2. The molecule has 0 amide bonds. The maximum absolute atomic E-state index is 6.11. The molecule has 1 heterocycles. The number of halogens is 1. The van der Waals surface area contributed by atoms with E-state index in [1.54, 1.807) is 4.68 Å². The van der Waals surface area contributed by atoms with Gasteiger partial charge in [0, 0.05) is 13.6 Å². The number of ether oxygens (including phenoxy) is 1. The molecule has 5 heteroatoms. The summed E-state index contributed by atoms with van der Waals surface area (Å²) in [5.74, 6) is 0. The van der Waals surface area contributed by atoms with Gasteiger partial charge in [0.05, 0.1) is 29.6 Å². The Kier molecular flexibility index (Phi) is 4.38. The van der Waals surface area contributed by atoms with E-state index in [0.29, 0.717) is 24.8 Å². The Balaban J connectivity index is 2.70. The van der Waals surface area contributed by atoms with Crippen molar-refractivity contribution in [2.24, 2.45) is 12.8 Å². The lowest BCUT2D eigenvalue weighted by Gasteiger charge is -2.03. The molecule has 80 valence electrons. The lowest BCUT2D eigenvalue weighted by molar-refractivity contribution is 0.123. The van der Waals surface area contributed by atoms with Crippen molar-refractivity contribution >= 4 is 11.6 Å². The van der Waals surface area contributed by atoms with Gasteiger partial charge in [-0.2, -0.15) is 5.10 Å². The topological polar surface area (TPSA) is 53.1 Å². The average Bonchev–Trinajstić information content (AvgIpc) is 2.45. The Labute approximate surface area is 89.0 Å². The van der Waals surface area contributed by atoms with E-state index in [0.717, 1.165) is 17.8 Å². The van der Waals surface area contributed by atoms with Crippen molar-refractivity contribution in [2.45, 2.75) is 20.0 Å². The largest absolute Gasteiger partial charge is 0.374 e. The van der Waals surface area contributed by atoms with Crippen LogP contribution >= 0.6 is 11.6 Å². The van der Waals surface area contributed by atoms with Crippen LogP contribution in [0, 0.1) is 0 Å². The molecule has 0 unspecified atom stereocenters. The summed E-state index contributed by atoms with van der Waals surface area (Å²) in [5.41, 5.74) is 7.15. The molecule has 0 atom stereocenters. The minimum absolute atomic E-state index is 0.472. The first-order chi connectivity index (χ1) is 6.70. The van der Waals surface area contributed by atoms with E-state index in [2.05, 4.69) is 5.10 Å². The van der Waals surface area contributed by atoms with Gasteiger partial charge in [-0.25, -0.2) is 0 Å². The van der Waals surface area contributed by atoms with Gasteiger partial charge in [0.25, 0.3) is 0 Å². The van der Waals surface area contributed by atoms with Crippen LogP contribution in [0.25, 0.3) is 0 Å². The van der Waals surface area contributed by atoms with E-state index in [9.17, 15) is 0 Å². The molecule has 1 aromatic rings. The Morgan fingerprint density at radius 1 is 1.57 bits per heavy atom. The van der Waals surface area contributed by atoms with Gasteiger partial charge in [-0.05, 0) is 6.42 Å². The van der Waals surface area contributed by atoms with Gasteiger partial charge in [0.15, 0.2) is 0 Å². The quantitative estimate of drug-likeness (QED) is 0.752. The van der Waals surface area contributed by atoms with Crippen molar-refractivity contribution in [1.82, 2.24) is 9.78 Å². The van der Waals surface area contributed by atoms with Crippen LogP contribution in [0.3, 0.4) is 0 Å². The second kappa shape index (κ2) is 5.34. The van der Waals surface area contributed by atoms with E-state index in [1.807, 2.05) is 14.0 Å². The fraction of sp³-hybridized carbons (Fsp3) is 0.667. The Morgan fingerprint density at radius 2 is 2.29 bits per heavy atom. The van der Waals surface area contributed by atoms with Gasteiger partial charge in [-0.1, -0.05) is 18.5 Å². The Morgan fingerprint density at radius 3 is 2.79 bits per heavy atom. The highest BCUT2D eigenvalue weighted by atomic mass is 35.5. The van der Waals surface area contributed by atoms with E-state index < -0.39 is 0 Å². The predicted molar refractivity (Wildman–Crippen MR) is 56.3 cm³/mol. The van der Waals surface area contributed by atoms with E-state index in [-0.39, 0.29) is 0 Å². The van der Waals surface area contributed by atoms with Gasteiger partial charge >= 0.3 is 0 Å². The summed E-state index contributed by atoms with van der Waals surface area (Å²) in [6.45, 7) is 3.57. The van der Waals surface area contributed by atoms with Gasteiger partial charge in [0.2, 0.25) is 0 Å². The van der Waals surface area contributed by atoms with Crippen molar-refractivity contribution in [1.29, 1.82) is 0 Å². The number of aryl methyl sites for hydroxylation is 2. The normalized spacial score (nSPS) is 10.9. The summed E-state index contributed by atoms with van der Waals surface area (Å²) in [6, 6.07) is 0. The Bertz CT molecular complexity index is 298. The average molecular weight is 218 g/mol. The van der Waals surface area contributed by atoms with Crippen LogP contribution in [-0.2, 0) is 24.8 Å². The van der Waals surface area contributed by atoms with Gasteiger partial charge in [-0.3, -0.25) is 4.68 Å². The van der Waals surface area contributed by atoms with Gasteiger partial charge in [-0.15, -0.1) is 0 Å². The minimum atomic E-state index is 0.472. The molecule has 0 aliphatic carbocycles. The van der Waals surface area contributed by atoms with Gasteiger partial charge < -0.3 is 10.5 Å². The summed E-state index contributed by atoms with van der Waals surface area (Å²) in [7, 11) is 1.87. The van der Waals surface area contributed by atoms with Crippen LogP contribution in [0.15, 0.2) is 0 Å². The molecule has 0 saturated carbocycles. The summed E-state index contributed by atoms with van der Waals surface area (Å²) in [5, 5.41) is 5.00. The summed E-state index contributed by atoms with van der Waals surface area (Å²) >= 11 is 6.11. The molecule has 0 spiro atoms. The summed E-state index contributed by atoms with van der Waals surface area (Å²) in [6.07, 6.45) is 0.837. The number of nitrogens with zero attached hydrogens (tertiary/aromatic N) is 2. The molecule has 1 rings (SSSR count). The molecule has 0 aromatic carbocycles. The first-order valence-corrected chi connectivity index (χ1v) is 5.06. The zero-order chi connectivity index (χ0) is 10.6. The van der Waals surface area contributed by atoms with E-state index in [4.69, 9.17) is 22.1 Å². The maximum atomic E-state index is 6.11. The lowest BCUT2D eigenvalue weighted by Crippen LogP contribution is -2.09. The van der Waals surface area contributed by atoms with Crippen LogP contribution in [0.2, 0.25) is 5.02 Å². The fourth-order valence-electron chi connectivity index (χ4n) is 1.23. The van der Waals surface area contributed by atoms with Crippen molar-refractivity contribution < 1.29 is 4.74 Å². The molecule has 1 aromatic heterocycles. The number of nitrogens with two attached hydrogens (primary N) is 1. The second-order valence-corrected chi connectivity index (χ2v) is 3.40. The van der Waals surface area contributed by atoms with Crippen LogP contribution in [-0.4, -0.2) is 22.9 Å². The third-order valence-electron chi connectivity index (χ3n) is 2.00. The van der Waals surface area contributed by atoms with Crippen molar-refractivity contribution in [2.75, 3.05) is 13.2 Å². The molecular formula is C9H16ClN3O. The van der Waals surface area contributed by atoms with Crippen LogP contribution in [0.4, 0.5) is 0 Å². The smallest absolute Gasteiger partial charge is 0.0900 e. The first-order valence-electron chi connectivity index (χ1n) is 4.68. The molecular weight excluding hydrogens is 202 g/mol. The van der Waals surface area contributed by atoms with Crippen molar-refractivity contribution in [3.05, 3.63) is 16.4 Å². The molecule has 0 saturated heterocycles. The summed E-state index contributed by atoms with van der Waals surface area (Å²) < 4.78 is 7.08. The molecule has 0 aliphatic heterocycles. The SMILES string of the molecule is CCc1nn(C)c(COCCN)c1Cl. The monoisotopic (exact) mass is 217 g/mol. The van der Waals surface area contributed by atoms with Crippen molar-refractivity contribution in [3.63, 3.8) is 0 Å². The molecule has 14 heavy (non-hydrogen) atoms. The lowest BCUT2D eigenvalue weighted by atomic mass is 10.3. The fourth-order valence-corrected chi connectivity index (χ4v) is 1.58. The first kappa shape index (κ1) is 11.5. The third kappa shape index (κ3) is 2.47. The highest BCUT2D eigenvalue weighted by Gasteiger charge is 2.12. The number of hydrogen-bond acceptors (Lipinski definition) is 3. The highest BCUT2D eigenvalue weighted by Crippen LogP contribution is 2.21. The minimum Gasteiger partial charge on any atom is -0.374 e. The number of hydrogen-bond donors (Lipinski definition) is 1. The predicted octanol–water partition coefficient (Wildman–Crippen LogP) is 1.11. The van der Waals surface area contributed by atoms with E-state index >= 15 is 0 Å². The standard InChI is InChI=1S/C9H16ClN3O/c1-3-7-9(10)8(13(2)12-7)6-14-5-4-11/h3-6,11H2,1-2H3. The third-order valence-corrected chi connectivity index (χ3v) is 2.44. The molecule has 0 radical (unpaired) electrons. The molecule has 4 nitrogen and oxygen atoms in total.